The van der Waals surface area contributed by atoms with E-state index in [1.54, 1.807) is 13.8 Å². The van der Waals surface area contributed by atoms with Gasteiger partial charge in [-0.25, -0.2) is 8.42 Å². The molecule has 1 aromatic heterocycles. The molecular weight excluding hydrogens is 460 g/mol. The van der Waals surface area contributed by atoms with Crippen LogP contribution in [0.2, 0.25) is 0 Å². The number of nitrogens with one attached hydrogen (secondary N) is 1. The first kappa shape index (κ1) is 25.2. The summed E-state index contributed by atoms with van der Waals surface area (Å²) < 4.78 is 37.4. The molecule has 1 heterocycles. The molecule has 0 radical (unpaired) electrons. The number of benzene rings is 2. The number of carbonyl (C=O) groups is 1. The number of rotatable bonds is 11. The first-order valence-electron chi connectivity index (χ1n) is 11.0. The lowest BCUT2D eigenvalue weighted by Crippen LogP contribution is -2.30. The molecule has 34 heavy (non-hydrogen) atoms. The molecule has 0 spiro atoms. The molecule has 0 bridgehead atoms. The van der Waals surface area contributed by atoms with Gasteiger partial charge in [-0.2, -0.15) is 9.29 Å². The maximum atomic E-state index is 12.7. The summed E-state index contributed by atoms with van der Waals surface area (Å²) in [7, 11) is -3.73. The van der Waals surface area contributed by atoms with Gasteiger partial charge in [-0.3, -0.25) is 4.79 Å². The van der Waals surface area contributed by atoms with Gasteiger partial charge in [0.05, 0.1) is 17.2 Å². The van der Waals surface area contributed by atoms with E-state index < -0.39 is 15.9 Å². The highest BCUT2D eigenvalue weighted by molar-refractivity contribution is 7.89. The highest BCUT2D eigenvalue weighted by Crippen LogP contribution is 2.28. The lowest BCUT2D eigenvalue weighted by atomic mass is 10.2. The number of phenols is 1. The normalized spacial score (nSPS) is 11.5. The average molecular weight is 489 g/mol. The van der Waals surface area contributed by atoms with Gasteiger partial charge in [0.1, 0.15) is 11.5 Å². The second-order valence-electron chi connectivity index (χ2n) is 7.29. The molecule has 0 saturated carbocycles. The van der Waals surface area contributed by atoms with Crippen molar-refractivity contribution in [3.05, 3.63) is 48.4 Å². The van der Waals surface area contributed by atoms with Gasteiger partial charge < -0.3 is 19.7 Å². The predicted octanol–water partition coefficient (Wildman–Crippen LogP) is 3.44. The summed E-state index contributed by atoms with van der Waals surface area (Å²) in [4.78, 5) is 16.7. The molecule has 0 aliphatic heterocycles. The van der Waals surface area contributed by atoms with E-state index >= 15 is 0 Å². The summed E-state index contributed by atoms with van der Waals surface area (Å²) in [5.74, 6) is 0.742. The Hall–Kier alpha value is -3.44. The van der Waals surface area contributed by atoms with Crippen molar-refractivity contribution in [3.8, 4) is 22.9 Å². The maximum absolute atomic E-state index is 12.7. The van der Waals surface area contributed by atoms with Crippen LogP contribution in [0.1, 0.15) is 33.1 Å². The van der Waals surface area contributed by atoms with Crippen molar-refractivity contribution in [2.24, 2.45) is 0 Å². The monoisotopic (exact) mass is 488 g/mol. The van der Waals surface area contributed by atoms with Gasteiger partial charge in [0, 0.05) is 31.5 Å². The number of hydrogen-bond acceptors (Lipinski definition) is 8. The van der Waals surface area contributed by atoms with Crippen LogP contribution >= 0.6 is 0 Å². The van der Waals surface area contributed by atoms with Gasteiger partial charge in [-0.05, 0) is 49.4 Å². The number of phenolic OH excluding ortho intramolecular Hbond substituents is 1. The van der Waals surface area contributed by atoms with Gasteiger partial charge in [0.15, 0.2) is 0 Å². The van der Waals surface area contributed by atoms with Crippen LogP contribution in [0.25, 0.3) is 11.4 Å². The van der Waals surface area contributed by atoms with Crippen LogP contribution in [-0.2, 0) is 21.2 Å². The van der Waals surface area contributed by atoms with Crippen molar-refractivity contribution in [1.82, 2.24) is 14.4 Å². The third-order valence-corrected chi connectivity index (χ3v) is 7.09. The summed E-state index contributed by atoms with van der Waals surface area (Å²) in [5, 5.41) is 16.6. The van der Waals surface area contributed by atoms with E-state index in [-0.39, 0.29) is 35.1 Å². The Morgan fingerprint density at radius 2 is 1.82 bits per heavy atom. The second-order valence-corrected chi connectivity index (χ2v) is 9.22. The molecule has 3 aromatic rings. The molecule has 1 amide bonds. The molecule has 0 aliphatic carbocycles. The van der Waals surface area contributed by atoms with Crippen LogP contribution in [0.5, 0.6) is 11.5 Å². The van der Waals surface area contributed by atoms with E-state index in [0.29, 0.717) is 25.5 Å². The lowest BCUT2D eigenvalue weighted by molar-refractivity contribution is -0.116. The Morgan fingerprint density at radius 3 is 2.47 bits per heavy atom. The fourth-order valence-electron chi connectivity index (χ4n) is 3.26. The summed E-state index contributed by atoms with van der Waals surface area (Å²) in [6.07, 6.45) is 0.172. The third-order valence-electron chi connectivity index (χ3n) is 5.04. The number of amides is 1. The first-order chi connectivity index (χ1) is 16.3. The fraction of sp³-hybridized carbons (Fsp3) is 0.348. The van der Waals surface area contributed by atoms with Gasteiger partial charge in [-0.1, -0.05) is 19.0 Å². The van der Waals surface area contributed by atoms with Crippen LogP contribution in [0.15, 0.2) is 51.9 Å². The van der Waals surface area contributed by atoms with Crippen molar-refractivity contribution in [3.63, 3.8) is 0 Å². The fourth-order valence-corrected chi connectivity index (χ4v) is 4.75. The molecule has 0 saturated heterocycles. The molecule has 182 valence electrons. The van der Waals surface area contributed by atoms with E-state index in [9.17, 15) is 18.3 Å². The molecule has 0 aliphatic rings. The summed E-state index contributed by atoms with van der Waals surface area (Å²) in [6, 6.07) is 11.0. The van der Waals surface area contributed by atoms with Crippen LogP contribution in [-0.4, -0.2) is 53.6 Å². The average Bonchev–Trinajstić information content (AvgIpc) is 3.29. The van der Waals surface area contributed by atoms with Crippen molar-refractivity contribution < 1.29 is 27.6 Å². The van der Waals surface area contributed by atoms with Crippen molar-refractivity contribution >= 4 is 21.6 Å². The van der Waals surface area contributed by atoms with Gasteiger partial charge in [0.25, 0.3) is 0 Å². The van der Waals surface area contributed by atoms with E-state index in [4.69, 9.17) is 9.26 Å². The van der Waals surface area contributed by atoms with E-state index in [0.717, 1.165) is 11.3 Å². The van der Waals surface area contributed by atoms with Gasteiger partial charge >= 0.3 is 0 Å². The first-order valence-corrected chi connectivity index (χ1v) is 12.4. The number of ether oxygens (including phenoxy) is 1. The third kappa shape index (κ3) is 5.91. The standard InChI is InChI=1S/C23H28N4O6S/c1-4-27(5-2)34(30,31)18-11-12-20(28)19(15-18)24-21(29)13-14-22-25-23(26-33-22)16-7-9-17(10-8-16)32-6-3/h7-12,15,28H,4-6,13-14H2,1-3H3,(H,24,29). The minimum Gasteiger partial charge on any atom is -0.506 e. The van der Waals surface area contributed by atoms with Crippen LogP contribution in [0, 0.1) is 0 Å². The van der Waals surface area contributed by atoms with Crippen molar-refractivity contribution in [1.29, 1.82) is 0 Å². The minimum absolute atomic E-state index is 0.00261. The molecule has 10 nitrogen and oxygen atoms in total. The van der Waals surface area contributed by atoms with E-state index in [1.165, 1.54) is 22.5 Å². The molecule has 0 unspecified atom stereocenters. The Bertz CT molecular complexity index is 1220. The highest BCUT2D eigenvalue weighted by atomic mass is 32.2. The van der Waals surface area contributed by atoms with Gasteiger partial charge in [0.2, 0.25) is 27.6 Å². The number of anilines is 1. The number of aryl methyl sites for hydroxylation is 1. The summed E-state index contributed by atoms with van der Waals surface area (Å²) >= 11 is 0. The molecule has 2 aromatic carbocycles. The summed E-state index contributed by atoms with van der Waals surface area (Å²) in [6.45, 7) is 6.57. The number of carbonyl (C=O) groups excluding carboxylic acids is 1. The van der Waals surface area contributed by atoms with E-state index in [1.807, 2.05) is 31.2 Å². The number of aromatic nitrogens is 2. The number of hydrogen-bond donors (Lipinski definition) is 2. The summed E-state index contributed by atoms with van der Waals surface area (Å²) in [5.41, 5.74) is 0.762. The molecule has 0 fully saturated rings. The number of aromatic hydroxyl groups is 1. The Morgan fingerprint density at radius 1 is 1.12 bits per heavy atom. The van der Waals surface area contributed by atoms with Crippen molar-refractivity contribution in [2.75, 3.05) is 25.0 Å². The maximum Gasteiger partial charge on any atom is 0.243 e. The van der Waals surface area contributed by atoms with Gasteiger partial charge in [-0.15, -0.1) is 0 Å². The van der Waals surface area contributed by atoms with Crippen LogP contribution in [0.4, 0.5) is 5.69 Å². The number of nitrogens with zero attached hydrogens (tertiary/aromatic N) is 3. The molecule has 3 rings (SSSR count). The topological polar surface area (TPSA) is 135 Å². The van der Waals surface area contributed by atoms with Crippen molar-refractivity contribution in [2.45, 2.75) is 38.5 Å². The zero-order chi connectivity index (χ0) is 24.7. The zero-order valence-corrected chi connectivity index (χ0v) is 20.1. The lowest BCUT2D eigenvalue weighted by Gasteiger charge is -2.19. The molecular formula is C23H28N4O6S. The number of sulfonamides is 1. The Kier molecular flexibility index (Phi) is 8.24. The largest absolute Gasteiger partial charge is 0.506 e. The smallest absolute Gasteiger partial charge is 0.243 e. The second kappa shape index (κ2) is 11.1. The SMILES string of the molecule is CCOc1ccc(-c2noc(CCC(=O)Nc3cc(S(=O)(=O)N(CC)CC)ccc3O)n2)cc1. The van der Waals surface area contributed by atoms with Crippen LogP contribution in [0.3, 0.4) is 0 Å². The quantitative estimate of drug-likeness (QED) is 0.392. The Labute approximate surface area is 198 Å². The molecule has 11 heteroatoms. The zero-order valence-electron chi connectivity index (χ0n) is 19.3. The van der Waals surface area contributed by atoms with Crippen LogP contribution < -0.4 is 10.1 Å². The molecule has 0 atom stereocenters. The molecule has 2 N–H and O–H groups in total. The minimum atomic E-state index is -3.73. The highest BCUT2D eigenvalue weighted by Gasteiger charge is 2.23. The van der Waals surface area contributed by atoms with E-state index in [2.05, 4.69) is 15.5 Å². The Balaban J connectivity index is 1.63. The predicted molar refractivity (Wildman–Crippen MR) is 126 cm³/mol.